The minimum Gasteiger partial charge on any atom is -0.369 e. The van der Waals surface area contributed by atoms with E-state index in [1.54, 1.807) is 6.07 Å². The summed E-state index contributed by atoms with van der Waals surface area (Å²) >= 11 is 0. The number of anilines is 1. The summed E-state index contributed by atoms with van der Waals surface area (Å²) in [5.41, 5.74) is 1.83. The van der Waals surface area contributed by atoms with Gasteiger partial charge < -0.3 is 10.2 Å². The van der Waals surface area contributed by atoms with E-state index in [1.807, 2.05) is 12.1 Å². The lowest BCUT2D eigenvalue weighted by Gasteiger charge is -2.29. The third kappa shape index (κ3) is 4.20. The molecule has 0 spiro atoms. The van der Waals surface area contributed by atoms with Gasteiger partial charge in [0, 0.05) is 25.2 Å². The molecule has 1 heterocycles. The number of benzene rings is 1. The van der Waals surface area contributed by atoms with Gasteiger partial charge >= 0.3 is 0 Å². The largest absolute Gasteiger partial charge is 0.369 e. The molecule has 2 rings (SSSR count). The van der Waals surface area contributed by atoms with E-state index in [0.717, 1.165) is 24.3 Å². The Morgan fingerprint density at radius 1 is 1.16 bits per heavy atom. The molecule has 0 aromatic heterocycles. The van der Waals surface area contributed by atoms with E-state index < -0.39 is 0 Å². The van der Waals surface area contributed by atoms with Gasteiger partial charge in [-0.2, -0.15) is 0 Å². The van der Waals surface area contributed by atoms with Crippen molar-refractivity contribution in [2.75, 3.05) is 18.0 Å². The van der Waals surface area contributed by atoms with Crippen LogP contribution in [0.3, 0.4) is 0 Å². The van der Waals surface area contributed by atoms with Crippen LogP contribution in [0, 0.1) is 5.82 Å². The summed E-state index contributed by atoms with van der Waals surface area (Å²) in [7, 11) is 0. The number of rotatable bonds is 3. The van der Waals surface area contributed by atoms with E-state index in [-0.39, 0.29) is 11.4 Å². The minimum absolute atomic E-state index is 0.0576. The maximum Gasteiger partial charge on any atom is 0.146 e. The zero-order valence-corrected chi connectivity index (χ0v) is 12.3. The van der Waals surface area contributed by atoms with Crippen molar-refractivity contribution in [2.24, 2.45) is 0 Å². The molecule has 1 N–H and O–H groups in total. The van der Waals surface area contributed by atoms with Gasteiger partial charge in [-0.05, 0) is 57.7 Å². The van der Waals surface area contributed by atoms with Crippen molar-refractivity contribution in [3.8, 4) is 0 Å². The van der Waals surface area contributed by atoms with Crippen LogP contribution >= 0.6 is 0 Å². The van der Waals surface area contributed by atoms with Crippen molar-refractivity contribution in [3.63, 3.8) is 0 Å². The fraction of sp³-hybridized carbons (Fsp3) is 0.625. The lowest BCUT2D eigenvalue weighted by atomic mass is 10.1. The summed E-state index contributed by atoms with van der Waals surface area (Å²) < 4.78 is 14.2. The Morgan fingerprint density at radius 2 is 1.84 bits per heavy atom. The molecule has 0 atom stereocenters. The molecule has 19 heavy (non-hydrogen) atoms. The molecule has 1 fully saturated rings. The summed E-state index contributed by atoms with van der Waals surface area (Å²) in [6.07, 6.45) is 3.62. The molecule has 106 valence electrons. The van der Waals surface area contributed by atoms with E-state index in [1.165, 1.54) is 19.3 Å². The van der Waals surface area contributed by atoms with Gasteiger partial charge in [0.15, 0.2) is 0 Å². The van der Waals surface area contributed by atoms with Crippen LogP contribution in [0.1, 0.15) is 45.6 Å². The fourth-order valence-corrected chi connectivity index (χ4v) is 2.42. The third-order valence-corrected chi connectivity index (χ3v) is 3.53. The van der Waals surface area contributed by atoms with Crippen LogP contribution in [-0.2, 0) is 6.54 Å². The molecule has 0 aliphatic carbocycles. The van der Waals surface area contributed by atoms with Crippen LogP contribution in [0.5, 0.6) is 0 Å². The van der Waals surface area contributed by atoms with Gasteiger partial charge in [0.1, 0.15) is 5.82 Å². The molecule has 0 unspecified atom stereocenters. The van der Waals surface area contributed by atoms with Gasteiger partial charge in [0.2, 0.25) is 0 Å². The van der Waals surface area contributed by atoms with Gasteiger partial charge in [0.25, 0.3) is 0 Å². The molecule has 0 radical (unpaired) electrons. The molecule has 1 aliphatic rings. The first-order valence-electron chi connectivity index (χ1n) is 7.24. The molecule has 0 saturated carbocycles. The van der Waals surface area contributed by atoms with Crippen molar-refractivity contribution >= 4 is 5.69 Å². The smallest absolute Gasteiger partial charge is 0.146 e. The van der Waals surface area contributed by atoms with Crippen LogP contribution in [0.15, 0.2) is 18.2 Å². The molecule has 0 amide bonds. The van der Waals surface area contributed by atoms with E-state index in [9.17, 15) is 4.39 Å². The average Bonchev–Trinajstić information content (AvgIpc) is 2.37. The van der Waals surface area contributed by atoms with E-state index >= 15 is 0 Å². The van der Waals surface area contributed by atoms with Crippen molar-refractivity contribution < 1.29 is 4.39 Å². The van der Waals surface area contributed by atoms with Crippen molar-refractivity contribution in [1.29, 1.82) is 0 Å². The van der Waals surface area contributed by atoms with E-state index in [0.29, 0.717) is 6.54 Å². The standard InChI is InChI=1S/C16H25FN2/c1-16(2,3)18-12-13-7-8-15(14(17)11-13)19-9-5-4-6-10-19/h7-8,11,18H,4-6,9-10,12H2,1-3H3. The summed E-state index contributed by atoms with van der Waals surface area (Å²) in [5.74, 6) is -0.0879. The predicted molar refractivity (Wildman–Crippen MR) is 79.1 cm³/mol. The third-order valence-electron chi connectivity index (χ3n) is 3.53. The quantitative estimate of drug-likeness (QED) is 0.895. The molecule has 0 bridgehead atoms. The second kappa shape index (κ2) is 5.91. The molecule has 1 aromatic carbocycles. The zero-order chi connectivity index (χ0) is 13.9. The highest BCUT2D eigenvalue weighted by molar-refractivity contribution is 5.49. The summed E-state index contributed by atoms with van der Waals surface area (Å²) in [6.45, 7) is 9.02. The zero-order valence-electron chi connectivity index (χ0n) is 12.3. The van der Waals surface area contributed by atoms with Gasteiger partial charge in [-0.3, -0.25) is 0 Å². The first-order chi connectivity index (χ1) is 8.96. The maximum atomic E-state index is 14.2. The molecular weight excluding hydrogens is 239 g/mol. The second-order valence-electron chi connectivity index (χ2n) is 6.44. The van der Waals surface area contributed by atoms with E-state index in [4.69, 9.17) is 0 Å². The van der Waals surface area contributed by atoms with Gasteiger partial charge in [-0.15, -0.1) is 0 Å². The SMILES string of the molecule is CC(C)(C)NCc1ccc(N2CCCCC2)c(F)c1. The number of hydrogen-bond donors (Lipinski definition) is 1. The molecular formula is C16H25FN2. The van der Waals surface area contributed by atoms with Gasteiger partial charge in [-0.25, -0.2) is 4.39 Å². The molecule has 1 aliphatic heterocycles. The van der Waals surface area contributed by atoms with Crippen LogP contribution < -0.4 is 10.2 Å². The van der Waals surface area contributed by atoms with Crippen molar-refractivity contribution in [1.82, 2.24) is 5.32 Å². The topological polar surface area (TPSA) is 15.3 Å². The van der Waals surface area contributed by atoms with Crippen LogP contribution in [-0.4, -0.2) is 18.6 Å². The Morgan fingerprint density at radius 3 is 2.42 bits per heavy atom. The highest BCUT2D eigenvalue weighted by atomic mass is 19.1. The van der Waals surface area contributed by atoms with E-state index in [2.05, 4.69) is 31.0 Å². The van der Waals surface area contributed by atoms with Crippen LogP contribution in [0.25, 0.3) is 0 Å². The summed E-state index contributed by atoms with van der Waals surface area (Å²) in [6, 6.07) is 5.63. The Labute approximate surface area is 116 Å². The Hall–Kier alpha value is -1.09. The Kier molecular flexibility index (Phi) is 4.46. The first-order valence-corrected chi connectivity index (χ1v) is 7.24. The maximum absolute atomic E-state index is 14.2. The minimum atomic E-state index is -0.0879. The highest BCUT2D eigenvalue weighted by Gasteiger charge is 2.15. The number of hydrogen-bond acceptors (Lipinski definition) is 2. The summed E-state index contributed by atoms with van der Waals surface area (Å²) in [5, 5.41) is 3.38. The van der Waals surface area contributed by atoms with Gasteiger partial charge in [0.05, 0.1) is 5.69 Å². The summed E-state index contributed by atoms with van der Waals surface area (Å²) in [4.78, 5) is 2.17. The monoisotopic (exact) mass is 264 g/mol. The molecule has 1 saturated heterocycles. The molecule has 3 heteroatoms. The normalized spacial score (nSPS) is 16.7. The first kappa shape index (κ1) is 14.3. The van der Waals surface area contributed by atoms with Gasteiger partial charge in [-0.1, -0.05) is 6.07 Å². The average molecular weight is 264 g/mol. The fourth-order valence-electron chi connectivity index (χ4n) is 2.42. The number of nitrogens with zero attached hydrogens (tertiary/aromatic N) is 1. The van der Waals surface area contributed by atoms with Crippen LogP contribution in [0.2, 0.25) is 0 Å². The van der Waals surface area contributed by atoms with Crippen molar-refractivity contribution in [3.05, 3.63) is 29.6 Å². The number of piperidine rings is 1. The highest BCUT2D eigenvalue weighted by Crippen LogP contribution is 2.24. The molecule has 1 aromatic rings. The predicted octanol–water partition coefficient (Wildman–Crippen LogP) is 3.70. The molecule has 2 nitrogen and oxygen atoms in total. The second-order valence-corrected chi connectivity index (χ2v) is 6.44. The van der Waals surface area contributed by atoms with Crippen molar-refractivity contribution in [2.45, 2.75) is 52.1 Å². The Bertz CT molecular complexity index is 417. The number of nitrogens with one attached hydrogen (secondary N) is 1. The lowest BCUT2D eigenvalue weighted by molar-refractivity contribution is 0.423. The lowest BCUT2D eigenvalue weighted by Crippen LogP contribution is -2.35. The van der Waals surface area contributed by atoms with Crippen LogP contribution in [0.4, 0.5) is 10.1 Å². The number of halogens is 1. The Balaban J connectivity index is 2.04.